The van der Waals surface area contributed by atoms with Gasteiger partial charge in [0.05, 0.1) is 16.1 Å². The van der Waals surface area contributed by atoms with E-state index in [0.29, 0.717) is 5.69 Å². The second-order valence-corrected chi connectivity index (χ2v) is 6.11. The molecule has 0 aliphatic heterocycles. The molecule has 0 unspecified atom stereocenters. The first-order valence-corrected chi connectivity index (χ1v) is 7.24. The molecular weight excluding hydrogens is 278 g/mol. The molecule has 1 N–H and O–H groups in total. The zero-order valence-electron chi connectivity index (χ0n) is 10.7. The van der Waals surface area contributed by atoms with Crippen molar-refractivity contribution in [3.05, 3.63) is 60.2 Å². The summed E-state index contributed by atoms with van der Waals surface area (Å²) >= 11 is 0. The molecule has 20 heavy (non-hydrogen) atoms. The molecule has 2 rings (SSSR count). The maximum atomic E-state index is 12.4. The molecule has 104 valence electrons. The Bertz CT molecular complexity index is 709. The Hall–Kier alpha value is -2.34. The van der Waals surface area contributed by atoms with Gasteiger partial charge in [0, 0.05) is 7.05 Å². The van der Waals surface area contributed by atoms with E-state index >= 15 is 0 Å². The highest BCUT2D eigenvalue weighted by Crippen LogP contribution is 2.21. The number of carboxylic acids is 1. The number of carboxylic acid groups (broad SMARTS) is 1. The van der Waals surface area contributed by atoms with Gasteiger partial charge < -0.3 is 5.11 Å². The molecule has 6 heteroatoms. The molecule has 2 aromatic rings. The summed E-state index contributed by atoms with van der Waals surface area (Å²) in [6, 6.07) is 13.8. The summed E-state index contributed by atoms with van der Waals surface area (Å²) in [6.45, 7) is 0. The zero-order chi connectivity index (χ0) is 14.8. The lowest BCUT2D eigenvalue weighted by Gasteiger charge is -2.19. The highest BCUT2D eigenvalue weighted by atomic mass is 32.2. The molecule has 5 nitrogen and oxygen atoms in total. The molecule has 0 atom stereocenters. The predicted molar refractivity (Wildman–Crippen MR) is 75.4 cm³/mol. The van der Waals surface area contributed by atoms with Crippen LogP contribution in [0.2, 0.25) is 0 Å². The summed E-state index contributed by atoms with van der Waals surface area (Å²) < 4.78 is 25.9. The quantitative estimate of drug-likeness (QED) is 0.937. The largest absolute Gasteiger partial charge is 0.478 e. The number of anilines is 1. The lowest BCUT2D eigenvalue weighted by Crippen LogP contribution is -2.26. The molecule has 0 saturated carbocycles. The van der Waals surface area contributed by atoms with E-state index in [-0.39, 0.29) is 10.5 Å². The fourth-order valence-electron chi connectivity index (χ4n) is 1.70. The molecule has 0 amide bonds. The van der Waals surface area contributed by atoms with Crippen molar-refractivity contribution in [2.24, 2.45) is 0 Å². The Kier molecular flexibility index (Phi) is 3.76. The van der Waals surface area contributed by atoms with Gasteiger partial charge in [-0.1, -0.05) is 18.2 Å². The second kappa shape index (κ2) is 5.34. The number of nitrogens with zero attached hydrogens (tertiary/aromatic N) is 1. The van der Waals surface area contributed by atoms with Gasteiger partial charge in [-0.05, 0) is 36.4 Å². The van der Waals surface area contributed by atoms with E-state index in [1.165, 1.54) is 31.3 Å². The average Bonchev–Trinajstić information content (AvgIpc) is 2.47. The van der Waals surface area contributed by atoms with Crippen molar-refractivity contribution in [1.82, 2.24) is 0 Å². The predicted octanol–water partition coefficient (Wildman–Crippen LogP) is 2.21. The van der Waals surface area contributed by atoms with Crippen LogP contribution < -0.4 is 4.31 Å². The summed E-state index contributed by atoms with van der Waals surface area (Å²) in [7, 11) is -2.24. The maximum absolute atomic E-state index is 12.4. The Morgan fingerprint density at radius 1 is 1.00 bits per heavy atom. The van der Waals surface area contributed by atoms with Gasteiger partial charge >= 0.3 is 5.97 Å². The number of sulfonamides is 1. The van der Waals surface area contributed by atoms with Gasteiger partial charge in [-0.15, -0.1) is 0 Å². The number of carbonyl (C=O) groups is 1. The standard InChI is InChI=1S/C14H13NO4S/c1-15(12-5-3-2-4-6-12)20(18,19)13-9-7-11(8-10-13)14(16)17/h2-10H,1H3,(H,16,17). The minimum Gasteiger partial charge on any atom is -0.478 e. The van der Waals surface area contributed by atoms with Gasteiger partial charge in [-0.2, -0.15) is 0 Å². The minimum absolute atomic E-state index is 0.0475. The average molecular weight is 291 g/mol. The lowest BCUT2D eigenvalue weighted by molar-refractivity contribution is 0.0697. The van der Waals surface area contributed by atoms with Crippen molar-refractivity contribution in [2.75, 3.05) is 11.4 Å². The Labute approximate surface area is 117 Å². The third-order valence-electron chi connectivity index (χ3n) is 2.88. The summed E-state index contributed by atoms with van der Waals surface area (Å²) in [5.41, 5.74) is 0.584. The smallest absolute Gasteiger partial charge is 0.335 e. The van der Waals surface area contributed by atoms with Gasteiger partial charge in [0.15, 0.2) is 0 Å². The van der Waals surface area contributed by atoms with Crippen LogP contribution in [0.25, 0.3) is 0 Å². The van der Waals surface area contributed by atoms with Crippen molar-refractivity contribution in [1.29, 1.82) is 0 Å². The third-order valence-corrected chi connectivity index (χ3v) is 4.68. The van der Waals surface area contributed by atoms with Gasteiger partial charge in [0.25, 0.3) is 10.0 Å². The monoisotopic (exact) mass is 291 g/mol. The fraction of sp³-hybridized carbons (Fsp3) is 0.0714. The van der Waals surface area contributed by atoms with E-state index in [0.717, 1.165) is 4.31 Å². The molecule has 0 fully saturated rings. The van der Waals surface area contributed by atoms with Crippen molar-refractivity contribution >= 4 is 21.7 Å². The highest BCUT2D eigenvalue weighted by molar-refractivity contribution is 7.92. The molecule has 0 spiro atoms. The van der Waals surface area contributed by atoms with E-state index in [1.54, 1.807) is 30.3 Å². The minimum atomic E-state index is -3.69. The van der Waals surface area contributed by atoms with E-state index in [4.69, 9.17) is 5.11 Å². The first kappa shape index (κ1) is 14.1. The van der Waals surface area contributed by atoms with Gasteiger partial charge in [0.1, 0.15) is 0 Å². The van der Waals surface area contributed by atoms with Crippen LogP contribution in [0.3, 0.4) is 0 Å². The number of hydrogen-bond acceptors (Lipinski definition) is 3. The van der Waals surface area contributed by atoms with Crippen molar-refractivity contribution in [3.8, 4) is 0 Å². The summed E-state index contributed by atoms with van der Waals surface area (Å²) in [4.78, 5) is 10.8. The molecule has 0 aliphatic carbocycles. The fourth-order valence-corrected chi connectivity index (χ4v) is 2.90. The Morgan fingerprint density at radius 2 is 1.55 bits per heavy atom. The van der Waals surface area contributed by atoms with Crippen LogP contribution in [0.1, 0.15) is 10.4 Å². The van der Waals surface area contributed by atoms with E-state index in [2.05, 4.69) is 0 Å². The SMILES string of the molecule is CN(c1ccccc1)S(=O)(=O)c1ccc(C(=O)O)cc1. The normalized spacial score (nSPS) is 11.1. The van der Waals surface area contributed by atoms with Gasteiger partial charge in [0.2, 0.25) is 0 Å². The van der Waals surface area contributed by atoms with E-state index in [9.17, 15) is 13.2 Å². The van der Waals surface area contributed by atoms with Gasteiger partial charge in [-0.3, -0.25) is 4.31 Å². The molecule has 0 saturated heterocycles. The van der Waals surface area contributed by atoms with Crippen LogP contribution in [0.15, 0.2) is 59.5 Å². The van der Waals surface area contributed by atoms with Crippen molar-refractivity contribution in [3.63, 3.8) is 0 Å². The maximum Gasteiger partial charge on any atom is 0.335 e. The summed E-state index contributed by atoms with van der Waals surface area (Å²) in [5.74, 6) is -1.09. The van der Waals surface area contributed by atoms with Crippen LogP contribution >= 0.6 is 0 Å². The first-order chi connectivity index (χ1) is 9.43. The molecule has 0 bridgehead atoms. The molecule has 2 aromatic carbocycles. The molecule has 0 aromatic heterocycles. The molecule has 0 aliphatic rings. The number of benzene rings is 2. The molecular formula is C14H13NO4S. The number of rotatable bonds is 4. The Balaban J connectivity index is 2.37. The van der Waals surface area contributed by atoms with Crippen LogP contribution in [0.5, 0.6) is 0 Å². The second-order valence-electron chi connectivity index (χ2n) is 4.14. The van der Waals surface area contributed by atoms with Crippen LogP contribution in [0.4, 0.5) is 5.69 Å². The number of aromatic carboxylic acids is 1. The molecule has 0 radical (unpaired) electrons. The van der Waals surface area contributed by atoms with Crippen molar-refractivity contribution in [2.45, 2.75) is 4.90 Å². The van der Waals surface area contributed by atoms with Crippen LogP contribution in [0, 0.1) is 0 Å². The van der Waals surface area contributed by atoms with E-state index < -0.39 is 16.0 Å². The zero-order valence-corrected chi connectivity index (χ0v) is 11.5. The van der Waals surface area contributed by atoms with Gasteiger partial charge in [-0.25, -0.2) is 13.2 Å². The van der Waals surface area contributed by atoms with Crippen LogP contribution in [-0.2, 0) is 10.0 Å². The summed E-state index contributed by atoms with van der Waals surface area (Å²) in [5, 5.41) is 8.81. The van der Waals surface area contributed by atoms with Crippen LogP contribution in [-0.4, -0.2) is 26.5 Å². The number of para-hydroxylation sites is 1. The molecule has 0 heterocycles. The topological polar surface area (TPSA) is 74.7 Å². The number of hydrogen-bond donors (Lipinski definition) is 1. The third kappa shape index (κ3) is 2.65. The summed E-state index contributed by atoms with van der Waals surface area (Å²) in [6.07, 6.45) is 0. The first-order valence-electron chi connectivity index (χ1n) is 5.80. The Morgan fingerprint density at radius 3 is 2.05 bits per heavy atom. The highest BCUT2D eigenvalue weighted by Gasteiger charge is 2.21. The lowest BCUT2D eigenvalue weighted by atomic mass is 10.2. The van der Waals surface area contributed by atoms with Crippen molar-refractivity contribution < 1.29 is 18.3 Å². The van der Waals surface area contributed by atoms with E-state index in [1.807, 2.05) is 0 Å².